The molecule has 2 N–H and O–H groups in total. The molecule has 2 aromatic heterocycles. The van der Waals surface area contributed by atoms with Crippen molar-refractivity contribution in [1.82, 2.24) is 10.3 Å². The second-order valence-electron chi connectivity index (χ2n) is 6.91. The summed E-state index contributed by atoms with van der Waals surface area (Å²) in [6.45, 7) is 0. The molecule has 0 bridgehead atoms. The third-order valence-electron chi connectivity index (χ3n) is 5.15. The predicted octanol–water partition coefficient (Wildman–Crippen LogP) is 4.34. The van der Waals surface area contributed by atoms with Gasteiger partial charge in [0.15, 0.2) is 0 Å². The number of para-hydroxylation sites is 1. The summed E-state index contributed by atoms with van der Waals surface area (Å²) in [5.74, 6) is -1.14. The van der Waals surface area contributed by atoms with Gasteiger partial charge in [0.2, 0.25) is 0 Å². The lowest BCUT2D eigenvalue weighted by Gasteiger charge is -2.27. The smallest absolute Gasteiger partial charge is 0.306 e. The number of nitrogens with zero attached hydrogens (tertiary/aromatic N) is 1. The molecule has 138 valence electrons. The normalized spacial score (nSPS) is 19.7. The Bertz CT molecular complexity index is 976. The van der Waals surface area contributed by atoms with Crippen molar-refractivity contribution in [2.24, 2.45) is 5.92 Å². The molecule has 1 aliphatic carbocycles. The summed E-state index contributed by atoms with van der Waals surface area (Å²) in [4.78, 5) is 29.8. The topological polar surface area (TPSA) is 79.3 Å². The quantitative estimate of drug-likeness (QED) is 0.706. The number of hydrogen-bond donors (Lipinski definition) is 2. The minimum atomic E-state index is -0.736. The summed E-state index contributed by atoms with van der Waals surface area (Å²) in [6.07, 6.45) is 2.61. The van der Waals surface area contributed by atoms with E-state index >= 15 is 0 Å². The van der Waals surface area contributed by atoms with Gasteiger partial charge in [0, 0.05) is 11.4 Å². The number of pyridine rings is 1. The average Bonchev–Trinajstić information content (AvgIpc) is 3.22. The molecule has 1 aliphatic rings. The Balaban J connectivity index is 1.60. The summed E-state index contributed by atoms with van der Waals surface area (Å²) < 4.78 is 0. The van der Waals surface area contributed by atoms with Crippen molar-refractivity contribution < 1.29 is 14.7 Å². The van der Waals surface area contributed by atoms with Gasteiger partial charge in [0.25, 0.3) is 5.91 Å². The van der Waals surface area contributed by atoms with Gasteiger partial charge in [-0.05, 0) is 49.3 Å². The van der Waals surface area contributed by atoms with Gasteiger partial charge in [-0.1, -0.05) is 24.3 Å². The van der Waals surface area contributed by atoms with Gasteiger partial charge < -0.3 is 10.4 Å². The van der Waals surface area contributed by atoms with Crippen LogP contribution in [0, 0.1) is 5.92 Å². The molecular weight excluding hydrogens is 360 g/mol. The zero-order valence-corrected chi connectivity index (χ0v) is 15.5. The minimum absolute atomic E-state index is 0.0187. The second-order valence-corrected chi connectivity index (χ2v) is 7.86. The SMILES string of the molecule is O=C(NC1CCC(C(=O)O)CC1)c1cc(-c2cccs2)nc2ccccc12. The van der Waals surface area contributed by atoms with Crippen LogP contribution in [0.25, 0.3) is 21.5 Å². The van der Waals surface area contributed by atoms with Crippen molar-refractivity contribution in [1.29, 1.82) is 0 Å². The zero-order chi connectivity index (χ0) is 18.8. The van der Waals surface area contributed by atoms with Crippen molar-refractivity contribution in [3.05, 3.63) is 53.4 Å². The van der Waals surface area contributed by atoms with Crippen molar-refractivity contribution in [2.45, 2.75) is 31.7 Å². The van der Waals surface area contributed by atoms with Crippen LogP contribution in [-0.2, 0) is 4.79 Å². The van der Waals surface area contributed by atoms with Gasteiger partial charge in [0.05, 0.1) is 27.6 Å². The maximum absolute atomic E-state index is 13.0. The van der Waals surface area contributed by atoms with Crippen LogP contribution >= 0.6 is 11.3 Å². The first-order valence-corrected chi connectivity index (χ1v) is 9.97. The maximum atomic E-state index is 13.0. The van der Waals surface area contributed by atoms with Gasteiger partial charge in [-0.2, -0.15) is 0 Å². The molecule has 1 saturated carbocycles. The van der Waals surface area contributed by atoms with Gasteiger partial charge >= 0.3 is 5.97 Å². The number of amides is 1. The molecule has 1 aromatic carbocycles. The second kappa shape index (κ2) is 7.48. The number of aromatic nitrogens is 1. The number of nitrogens with one attached hydrogen (secondary N) is 1. The van der Waals surface area contributed by atoms with E-state index in [1.54, 1.807) is 11.3 Å². The van der Waals surface area contributed by atoms with Gasteiger partial charge in [-0.15, -0.1) is 11.3 Å². The molecular formula is C21H20N2O3S. The number of aliphatic carboxylic acids is 1. The molecule has 0 aliphatic heterocycles. The molecule has 6 heteroatoms. The van der Waals surface area contributed by atoms with Crippen molar-refractivity contribution in [2.75, 3.05) is 0 Å². The van der Waals surface area contributed by atoms with E-state index in [0.717, 1.165) is 21.5 Å². The Labute approximate surface area is 161 Å². The van der Waals surface area contributed by atoms with Crippen LogP contribution in [0.15, 0.2) is 47.8 Å². The Morgan fingerprint density at radius 3 is 2.56 bits per heavy atom. The van der Waals surface area contributed by atoms with Crippen LogP contribution < -0.4 is 5.32 Å². The Hall–Kier alpha value is -2.73. The summed E-state index contributed by atoms with van der Waals surface area (Å²) in [6, 6.07) is 13.5. The monoisotopic (exact) mass is 380 g/mol. The van der Waals surface area contributed by atoms with Crippen LogP contribution in [-0.4, -0.2) is 28.0 Å². The van der Waals surface area contributed by atoms with Gasteiger partial charge in [-0.25, -0.2) is 4.98 Å². The molecule has 0 spiro atoms. The third kappa shape index (κ3) is 3.71. The molecule has 0 unspecified atom stereocenters. The van der Waals surface area contributed by atoms with E-state index in [1.807, 2.05) is 47.8 Å². The van der Waals surface area contributed by atoms with E-state index in [1.165, 1.54) is 0 Å². The first-order valence-electron chi connectivity index (χ1n) is 9.09. The summed E-state index contributed by atoms with van der Waals surface area (Å²) >= 11 is 1.59. The molecule has 0 atom stereocenters. The molecule has 4 rings (SSSR count). The highest BCUT2D eigenvalue weighted by Crippen LogP contribution is 2.29. The third-order valence-corrected chi connectivity index (χ3v) is 6.04. The van der Waals surface area contributed by atoms with Gasteiger partial charge in [-0.3, -0.25) is 9.59 Å². The van der Waals surface area contributed by atoms with Crippen molar-refractivity contribution in [3.63, 3.8) is 0 Å². The summed E-state index contributed by atoms with van der Waals surface area (Å²) in [5, 5.41) is 15.1. The molecule has 27 heavy (non-hydrogen) atoms. The van der Waals surface area contributed by atoms with E-state index in [-0.39, 0.29) is 17.9 Å². The molecule has 3 aromatic rings. The predicted molar refractivity (Wildman–Crippen MR) is 106 cm³/mol. The highest BCUT2D eigenvalue weighted by Gasteiger charge is 2.27. The number of carbonyl (C=O) groups excluding carboxylic acids is 1. The van der Waals surface area contributed by atoms with Crippen molar-refractivity contribution >= 4 is 34.1 Å². The molecule has 0 radical (unpaired) electrons. The number of fused-ring (bicyclic) bond motifs is 1. The fourth-order valence-corrected chi connectivity index (χ4v) is 4.35. The first kappa shape index (κ1) is 17.7. The molecule has 5 nitrogen and oxygen atoms in total. The zero-order valence-electron chi connectivity index (χ0n) is 14.7. The lowest BCUT2D eigenvalue weighted by molar-refractivity contribution is -0.142. The molecule has 2 heterocycles. The summed E-state index contributed by atoms with van der Waals surface area (Å²) in [7, 11) is 0. The minimum Gasteiger partial charge on any atom is -0.481 e. The summed E-state index contributed by atoms with van der Waals surface area (Å²) in [5.41, 5.74) is 2.20. The highest BCUT2D eigenvalue weighted by molar-refractivity contribution is 7.13. The van der Waals surface area contributed by atoms with Gasteiger partial charge in [0.1, 0.15) is 0 Å². The maximum Gasteiger partial charge on any atom is 0.306 e. The number of carbonyl (C=O) groups is 2. The highest BCUT2D eigenvalue weighted by atomic mass is 32.1. The Morgan fingerprint density at radius 2 is 1.85 bits per heavy atom. The molecule has 1 amide bonds. The average molecular weight is 380 g/mol. The van der Waals surface area contributed by atoms with Crippen LogP contribution in [0.1, 0.15) is 36.0 Å². The number of carboxylic acid groups (broad SMARTS) is 1. The van der Waals surface area contributed by atoms with Crippen LogP contribution in [0.5, 0.6) is 0 Å². The van der Waals surface area contributed by atoms with E-state index in [0.29, 0.717) is 31.2 Å². The number of benzene rings is 1. The van der Waals surface area contributed by atoms with Crippen LogP contribution in [0.4, 0.5) is 0 Å². The molecule has 1 fully saturated rings. The van der Waals surface area contributed by atoms with E-state index in [2.05, 4.69) is 5.32 Å². The number of hydrogen-bond acceptors (Lipinski definition) is 4. The lowest BCUT2D eigenvalue weighted by Crippen LogP contribution is -2.38. The van der Waals surface area contributed by atoms with E-state index in [4.69, 9.17) is 10.1 Å². The largest absolute Gasteiger partial charge is 0.481 e. The standard InChI is InChI=1S/C21H20N2O3S/c24-20(22-14-9-7-13(8-10-14)21(25)26)16-12-18(19-6-3-11-27-19)23-17-5-2-1-4-15(16)17/h1-6,11-14H,7-10H2,(H,22,24)(H,25,26). The number of rotatable bonds is 4. The Morgan fingerprint density at radius 1 is 1.07 bits per heavy atom. The fraction of sp³-hybridized carbons (Fsp3) is 0.286. The lowest BCUT2D eigenvalue weighted by atomic mass is 9.86. The molecule has 0 saturated heterocycles. The van der Waals surface area contributed by atoms with E-state index < -0.39 is 5.97 Å². The van der Waals surface area contributed by atoms with E-state index in [9.17, 15) is 9.59 Å². The van der Waals surface area contributed by atoms with Crippen molar-refractivity contribution in [3.8, 4) is 10.6 Å². The Kier molecular flexibility index (Phi) is 4.90. The van der Waals surface area contributed by atoms with Crippen LogP contribution in [0.2, 0.25) is 0 Å². The first-order chi connectivity index (χ1) is 13.1. The fourth-order valence-electron chi connectivity index (χ4n) is 3.66. The van der Waals surface area contributed by atoms with Crippen LogP contribution in [0.3, 0.4) is 0 Å². The number of thiophene rings is 1. The number of carboxylic acids is 1.